The maximum atomic E-state index is 9.95. The Hall–Kier alpha value is -1.05. The Bertz CT molecular complexity index is 510. The Morgan fingerprint density at radius 3 is 1.68 bits per heavy atom. The predicted molar refractivity (Wildman–Crippen MR) is 78.9 cm³/mol. The summed E-state index contributed by atoms with van der Waals surface area (Å²) in [5, 5.41) is 1.09. The number of rotatable bonds is 3. The molecule has 0 amide bonds. The van der Waals surface area contributed by atoms with Crippen molar-refractivity contribution in [2.45, 2.75) is 0 Å². The molecule has 2 rings (SSSR count). The summed E-state index contributed by atoms with van der Waals surface area (Å²) in [4.78, 5) is 9.95. The molecule has 1 nitrogen and oxygen atoms in total. The molecule has 0 aliphatic carbocycles. The summed E-state index contributed by atoms with van der Waals surface area (Å²) in [6.45, 7) is 3.56. The zero-order chi connectivity index (χ0) is 13.4. The maximum absolute atomic E-state index is 9.95. The van der Waals surface area contributed by atoms with E-state index in [9.17, 15) is 4.79 Å². The Balaban J connectivity index is 0.000000331. The van der Waals surface area contributed by atoms with Crippen molar-refractivity contribution < 1.29 is 21.9 Å². The van der Waals surface area contributed by atoms with Crippen molar-refractivity contribution >= 4 is 39.6 Å². The summed E-state index contributed by atoms with van der Waals surface area (Å²) in [7, 11) is 0. The van der Waals surface area contributed by atoms with E-state index < -0.39 is 0 Å². The number of hydrogen-bond donors (Lipinski definition) is 0. The van der Waals surface area contributed by atoms with Gasteiger partial charge in [0.2, 0.25) is 0 Å². The molecule has 0 aliphatic rings. The van der Waals surface area contributed by atoms with E-state index in [0.717, 1.165) is 11.1 Å². The SMILES string of the molecule is C=C(Cl)[c-]1cccc1.O=CC=C(Cl)[c-]1cccc1.[Fe+2]. The van der Waals surface area contributed by atoms with Crippen LogP contribution in [0.5, 0.6) is 0 Å². The van der Waals surface area contributed by atoms with Gasteiger partial charge in [-0.1, -0.05) is 17.2 Å². The molecule has 0 saturated carbocycles. The van der Waals surface area contributed by atoms with Crippen LogP contribution in [-0.4, -0.2) is 6.29 Å². The number of hydrogen-bond acceptors (Lipinski definition) is 1. The average Bonchev–Trinajstić information content (AvgIpc) is 3.04. The van der Waals surface area contributed by atoms with Crippen LogP contribution in [0.2, 0.25) is 0 Å². The van der Waals surface area contributed by atoms with Crippen LogP contribution in [0.25, 0.3) is 10.1 Å². The first-order chi connectivity index (χ1) is 8.65. The molecule has 2 aromatic carbocycles. The molecule has 0 heterocycles. The molecule has 19 heavy (non-hydrogen) atoms. The van der Waals surface area contributed by atoms with Crippen molar-refractivity contribution in [2.24, 2.45) is 0 Å². The minimum Gasteiger partial charge on any atom is -0.309 e. The molecule has 100 valence electrons. The molecule has 0 aromatic heterocycles. The minimum absolute atomic E-state index is 0. The van der Waals surface area contributed by atoms with Crippen LogP contribution in [-0.2, 0) is 21.9 Å². The molecular weight excluding hydrogens is 323 g/mol. The summed E-state index contributed by atoms with van der Waals surface area (Å²) in [6, 6.07) is 15.2. The summed E-state index contributed by atoms with van der Waals surface area (Å²) < 4.78 is 0. The van der Waals surface area contributed by atoms with E-state index in [1.807, 2.05) is 48.5 Å². The molecule has 0 unspecified atom stereocenters. The van der Waals surface area contributed by atoms with Crippen LogP contribution in [0.15, 0.2) is 61.2 Å². The van der Waals surface area contributed by atoms with Gasteiger partial charge in [-0.05, 0) is 10.1 Å². The van der Waals surface area contributed by atoms with Crippen molar-refractivity contribution in [3.63, 3.8) is 0 Å². The van der Waals surface area contributed by atoms with Gasteiger partial charge in [0.25, 0.3) is 0 Å². The normalized spacial score (nSPS) is 9.89. The largest absolute Gasteiger partial charge is 2.00 e. The minimum atomic E-state index is 0. The molecular formula is C15H12Cl2FeO. The third-order valence-corrected chi connectivity index (χ3v) is 2.69. The van der Waals surface area contributed by atoms with Gasteiger partial charge in [-0.25, -0.2) is 0 Å². The molecule has 0 radical (unpaired) electrons. The van der Waals surface area contributed by atoms with Gasteiger partial charge >= 0.3 is 17.1 Å². The van der Waals surface area contributed by atoms with Gasteiger partial charge in [0, 0.05) is 0 Å². The zero-order valence-corrected chi connectivity index (χ0v) is 12.6. The van der Waals surface area contributed by atoms with E-state index >= 15 is 0 Å². The molecule has 0 N–H and O–H groups in total. The molecule has 0 atom stereocenters. The van der Waals surface area contributed by atoms with Gasteiger partial charge < -0.3 is 4.79 Å². The number of carbonyl (C=O) groups is 1. The van der Waals surface area contributed by atoms with Crippen LogP contribution >= 0.6 is 23.2 Å². The van der Waals surface area contributed by atoms with E-state index in [2.05, 4.69) is 6.58 Å². The van der Waals surface area contributed by atoms with Gasteiger partial charge in [-0.2, -0.15) is 30.8 Å². The second-order valence-corrected chi connectivity index (χ2v) is 4.27. The summed E-state index contributed by atoms with van der Waals surface area (Å²) in [5.74, 6) is 0. The summed E-state index contributed by atoms with van der Waals surface area (Å²) >= 11 is 11.2. The second-order valence-electron chi connectivity index (χ2n) is 3.40. The predicted octanol–water partition coefficient (Wildman–Crippen LogP) is 4.80. The molecule has 0 saturated heterocycles. The number of carbonyl (C=O) groups excluding carboxylic acids is 1. The van der Waals surface area contributed by atoms with Crippen LogP contribution in [0, 0.1) is 0 Å². The number of allylic oxidation sites excluding steroid dienone is 1. The van der Waals surface area contributed by atoms with Crippen LogP contribution in [0.3, 0.4) is 0 Å². The first kappa shape index (κ1) is 17.9. The quantitative estimate of drug-likeness (QED) is 0.341. The Morgan fingerprint density at radius 2 is 1.37 bits per heavy atom. The Morgan fingerprint density at radius 1 is 0.947 bits per heavy atom. The van der Waals surface area contributed by atoms with Gasteiger partial charge in [0.05, 0.1) is 0 Å². The van der Waals surface area contributed by atoms with E-state index in [-0.39, 0.29) is 17.1 Å². The average molecular weight is 335 g/mol. The fourth-order valence-corrected chi connectivity index (χ4v) is 1.55. The van der Waals surface area contributed by atoms with Crippen molar-refractivity contribution in [3.8, 4) is 0 Å². The molecule has 0 fully saturated rings. The van der Waals surface area contributed by atoms with E-state index in [0.29, 0.717) is 16.4 Å². The maximum Gasteiger partial charge on any atom is 2.00 e. The van der Waals surface area contributed by atoms with Crippen molar-refractivity contribution in [1.29, 1.82) is 0 Å². The summed E-state index contributed by atoms with van der Waals surface area (Å²) in [5.41, 5.74) is 1.89. The van der Waals surface area contributed by atoms with Crippen LogP contribution in [0.4, 0.5) is 0 Å². The van der Waals surface area contributed by atoms with Crippen molar-refractivity contribution in [1.82, 2.24) is 0 Å². The third-order valence-electron chi connectivity index (χ3n) is 2.13. The molecule has 2 aromatic rings. The third kappa shape index (κ3) is 6.60. The molecule has 0 spiro atoms. The smallest absolute Gasteiger partial charge is 0.309 e. The Labute approximate surface area is 133 Å². The summed E-state index contributed by atoms with van der Waals surface area (Å²) in [6.07, 6.45) is 2.01. The van der Waals surface area contributed by atoms with E-state index in [1.165, 1.54) is 6.08 Å². The van der Waals surface area contributed by atoms with Crippen molar-refractivity contribution in [2.75, 3.05) is 0 Å². The standard InChI is InChI=1S/C8H6ClO.C7H6Cl.Fe/c9-8(5-6-10)7-3-1-2-4-7;1-6(8)7-4-2-3-5-7;/h1-6H;2-5H,1H2;/q2*-1;+2. The molecule has 0 bridgehead atoms. The topological polar surface area (TPSA) is 17.1 Å². The Kier molecular flexibility index (Phi) is 9.28. The van der Waals surface area contributed by atoms with Gasteiger partial charge in [-0.15, -0.1) is 47.5 Å². The fourth-order valence-electron chi connectivity index (χ4n) is 1.24. The molecule has 4 heteroatoms. The van der Waals surface area contributed by atoms with Crippen LogP contribution in [0.1, 0.15) is 11.1 Å². The van der Waals surface area contributed by atoms with Gasteiger partial charge in [0.15, 0.2) is 0 Å². The molecule has 0 aliphatic heterocycles. The van der Waals surface area contributed by atoms with Gasteiger partial charge in [0.1, 0.15) is 6.29 Å². The van der Waals surface area contributed by atoms with Crippen molar-refractivity contribution in [3.05, 3.63) is 72.3 Å². The first-order valence-electron chi connectivity index (χ1n) is 5.24. The zero-order valence-electron chi connectivity index (χ0n) is 10.00. The van der Waals surface area contributed by atoms with Gasteiger partial charge in [-0.3, -0.25) is 0 Å². The second kappa shape index (κ2) is 9.82. The van der Waals surface area contributed by atoms with E-state index in [4.69, 9.17) is 23.2 Å². The number of halogens is 2. The number of aldehydes is 1. The monoisotopic (exact) mass is 334 g/mol. The van der Waals surface area contributed by atoms with Crippen LogP contribution < -0.4 is 0 Å². The van der Waals surface area contributed by atoms with E-state index in [1.54, 1.807) is 0 Å². The fraction of sp³-hybridized carbons (Fsp3) is 0. The first-order valence-corrected chi connectivity index (χ1v) is 6.00.